The molecule has 0 fully saturated rings. The average Bonchev–Trinajstić information content (AvgIpc) is 4.45. The number of nitrogens with zero attached hydrogens (tertiary/aromatic N) is 5. The number of para-hydroxylation sites is 4. The fraction of sp³-hybridized carbons (Fsp3) is 0. The third-order valence-corrected chi connectivity index (χ3v) is 16.1. The van der Waals surface area contributed by atoms with Gasteiger partial charge in [0.25, 0.3) is 0 Å². The quantitative estimate of drug-likeness (QED) is 0.179. The molecule has 368 valence electrons. The summed E-state index contributed by atoms with van der Waals surface area (Å²) in [5, 5.41) is 12.6. The van der Waals surface area contributed by atoms with E-state index in [0.29, 0.717) is 5.95 Å². The highest BCUT2D eigenvalue weighted by atomic mass is 35.5. The molecule has 7 heteroatoms. The lowest BCUT2D eigenvalue weighted by Gasteiger charge is -2.13. The van der Waals surface area contributed by atoms with Crippen molar-refractivity contribution >= 4 is 98.6 Å². The number of fused-ring (bicyclic) bond motifs is 16. The van der Waals surface area contributed by atoms with Crippen LogP contribution in [0.4, 0.5) is 0 Å². The molecule has 2 aliphatic carbocycles. The van der Waals surface area contributed by atoms with E-state index in [9.17, 15) is 0 Å². The van der Waals surface area contributed by atoms with Crippen molar-refractivity contribution in [3.05, 3.63) is 260 Å². The third-order valence-electron chi connectivity index (χ3n) is 15.9. The smallest absolute Gasteiger partial charge is 0.235 e. The van der Waals surface area contributed by atoms with E-state index < -0.39 is 0 Å². The molecule has 0 spiro atoms. The van der Waals surface area contributed by atoms with Gasteiger partial charge in [0.05, 0.1) is 39.0 Å². The largest absolute Gasteiger partial charge is 0.354 e. The van der Waals surface area contributed by atoms with Gasteiger partial charge in [-0.25, -0.2) is 19.9 Å². The molecule has 0 bridgehead atoms. The van der Waals surface area contributed by atoms with Gasteiger partial charge in [-0.05, 0) is 103 Å². The second-order valence-electron chi connectivity index (χ2n) is 20.2. The fourth-order valence-electron chi connectivity index (χ4n) is 12.6. The second kappa shape index (κ2) is 17.9. The molecule has 0 radical (unpaired) electrons. The maximum absolute atomic E-state index is 5.95. The van der Waals surface area contributed by atoms with Crippen LogP contribution in [0.25, 0.3) is 160 Å². The molecule has 12 aromatic carbocycles. The van der Waals surface area contributed by atoms with Gasteiger partial charge in [-0.1, -0.05) is 218 Å². The van der Waals surface area contributed by atoms with E-state index in [1.165, 1.54) is 98.6 Å². The summed E-state index contributed by atoms with van der Waals surface area (Å²) in [5.74, 6) is 0.690. The maximum Gasteiger partial charge on any atom is 0.235 e. The number of hydrogen-bond acceptors (Lipinski definition) is 4. The molecule has 4 aromatic heterocycles. The molecule has 1 N–H and O–H groups in total. The Morgan fingerprint density at radius 1 is 0.316 bits per heavy atom. The summed E-state index contributed by atoms with van der Waals surface area (Å²) >= 11 is 5.95. The first-order chi connectivity index (χ1) is 39.1. The van der Waals surface area contributed by atoms with Gasteiger partial charge in [-0.2, -0.15) is 0 Å². The zero-order valence-corrected chi connectivity index (χ0v) is 43.1. The number of halogens is 1. The van der Waals surface area contributed by atoms with Crippen LogP contribution in [0.2, 0.25) is 5.28 Å². The van der Waals surface area contributed by atoms with Crippen LogP contribution in [0.3, 0.4) is 0 Å². The lowest BCUT2D eigenvalue weighted by atomic mass is 9.99. The molecule has 18 rings (SSSR count). The van der Waals surface area contributed by atoms with Gasteiger partial charge < -0.3 is 4.98 Å². The summed E-state index contributed by atoms with van der Waals surface area (Å²) in [7, 11) is 0. The normalized spacial score (nSPS) is 11.9. The van der Waals surface area contributed by atoms with Crippen LogP contribution >= 0.6 is 11.6 Å². The van der Waals surface area contributed by atoms with Crippen LogP contribution in [0, 0.1) is 0 Å². The minimum Gasteiger partial charge on any atom is -0.354 e. The number of benzene rings is 12. The van der Waals surface area contributed by atoms with E-state index in [1.807, 2.05) is 66.7 Å². The minimum absolute atomic E-state index is 0.280. The van der Waals surface area contributed by atoms with E-state index in [1.54, 1.807) is 0 Å². The SMILES string of the molecule is Clc1nc(-c2ccccc2)c2ccccc2n1.c1ccc(-c2nc(-n3c4ccccc4c4cc5c6c(cccc6c43)-c3ccccc3-5)nc3ccccc23)cc1.c1ccc2c(c1)-c1cccc3c1c-2cc1c2ccccc2[nH]c31. The van der Waals surface area contributed by atoms with Crippen LogP contribution in [-0.2, 0) is 0 Å². The third kappa shape index (κ3) is 7.05. The molecule has 0 amide bonds. The molecule has 0 unspecified atom stereocenters. The number of aromatic nitrogens is 6. The summed E-state index contributed by atoms with van der Waals surface area (Å²) in [5.41, 5.74) is 21.1. The Kier molecular flexibility index (Phi) is 10.2. The first-order valence-corrected chi connectivity index (χ1v) is 27.0. The van der Waals surface area contributed by atoms with Gasteiger partial charge in [0.15, 0.2) is 0 Å². The predicted octanol–water partition coefficient (Wildman–Crippen LogP) is 19.3. The zero-order chi connectivity index (χ0) is 52.1. The summed E-state index contributed by atoms with van der Waals surface area (Å²) in [6.45, 7) is 0. The Bertz CT molecular complexity index is 5160. The Hall–Kier alpha value is -10.3. The van der Waals surface area contributed by atoms with Crippen molar-refractivity contribution in [3.8, 4) is 73.0 Å². The second-order valence-corrected chi connectivity index (χ2v) is 20.6. The lowest BCUT2D eigenvalue weighted by molar-refractivity contribution is 1.02. The van der Waals surface area contributed by atoms with Crippen molar-refractivity contribution in [1.82, 2.24) is 29.5 Å². The van der Waals surface area contributed by atoms with Crippen LogP contribution < -0.4 is 0 Å². The molecular weight excluding hydrogens is 984 g/mol. The average molecular weight is 1030 g/mol. The molecule has 0 atom stereocenters. The van der Waals surface area contributed by atoms with Gasteiger partial charge in [0, 0.05) is 59.7 Å². The highest BCUT2D eigenvalue weighted by molar-refractivity contribution is 6.30. The predicted molar refractivity (Wildman–Crippen MR) is 329 cm³/mol. The minimum atomic E-state index is 0.280. The van der Waals surface area contributed by atoms with Crippen molar-refractivity contribution in [2.45, 2.75) is 0 Å². The number of nitrogens with one attached hydrogen (secondary N) is 1. The zero-order valence-electron chi connectivity index (χ0n) is 42.4. The van der Waals surface area contributed by atoms with E-state index in [-0.39, 0.29) is 5.28 Å². The van der Waals surface area contributed by atoms with Gasteiger partial charge in [-0.3, -0.25) is 4.57 Å². The van der Waals surface area contributed by atoms with Gasteiger partial charge in [-0.15, -0.1) is 0 Å². The van der Waals surface area contributed by atoms with Crippen molar-refractivity contribution in [2.75, 3.05) is 0 Å². The molecule has 6 nitrogen and oxygen atoms in total. The Morgan fingerprint density at radius 3 is 1.42 bits per heavy atom. The van der Waals surface area contributed by atoms with Crippen molar-refractivity contribution in [2.24, 2.45) is 0 Å². The van der Waals surface area contributed by atoms with E-state index in [2.05, 4.69) is 208 Å². The first-order valence-electron chi connectivity index (χ1n) is 26.6. The fourth-order valence-corrected chi connectivity index (χ4v) is 12.7. The Labute approximate surface area is 458 Å². The summed E-state index contributed by atoms with van der Waals surface area (Å²) in [4.78, 5) is 22.6. The molecule has 79 heavy (non-hydrogen) atoms. The van der Waals surface area contributed by atoms with Crippen LogP contribution in [-0.4, -0.2) is 29.5 Å². The molecular formula is C72H43ClN6. The first kappa shape index (κ1) is 45.0. The van der Waals surface area contributed by atoms with Crippen LogP contribution in [0.15, 0.2) is 255 Å². The van der Waals surface area contributed by atoms with E-state index in [0.717, 1.165) is 55.4 Å². The Balaban J connectivity index is 0.000000110. The molecule has 4 heterocycles. The molecule has 0 aliphatic heterocycles. The number of hydrogen-bond donors (Lipinski definition) is 1. The highest BCUT2D eigenvalue weighted by Crippen LogP contribution is 2.52. The van der Waals surface area contributed by atoms with Gasteiger partial charge >= 0.3 is 0 Å². The lowest BCUT2D eigenvalue weighted by Crippen LogP contribution is -2.03. The highest BCUT2D eigenvalue weighted by Gasteiger charge is 2.27. The van der Waals surface area contributed by atoms with E-state index >= 15 is 0 Å². The molecule has 2 aliphatic rings. The van der Waals surface area contributed by atoms with E-state index in [4.69, 9.17) is 21.6 Å². The standard InChI is InChI=1S/C36H21N3.C22H13N.C14H9ClN2/c1-2-11-22(12-3-1)34-27-16-6-8-19-31(27)37-36(38-34)39-32-20-9-7-15-25(32)30-21-29-24-14-5-4-13-23(24)26-17-10-18-28(33(26)29)35(30)39;1-2-7-14-13(6-1)16-9-5-10-17-21(16)18(14)12-19-15-8-3-4-11-20(15)23-22(17)19;15-14-16-12-9-5-4-8-11(12)13(17-14)10-6-2-1-3-7-10/h1-21H;1-12,23H;1-9H. The summed E-state index contributed by atoms with van der Waals surface area (Å²) in [6.07, 6.45) is 0. The molecule has 0 saturated heterocycles. The maximum atomic E-state index is 5.95. The summed E-state index contributed by atoms with van der Waals surface area (Å²) in [6, 6.07) is 89.4. The molecule has 16 aromatic rings. The monoisotopic (exact) mass is 1030 g/mol. The van der Waals surface area contributed by atoms with Crippen LogP contribution in [0.1, 0.15) is 0 Å². The van der Waals surface area contributed by atoms with Crippen molar-refractivity contribution in [3.63, 3.8) is 0 Å². The molecule has 0 saturated carbocycles. The number of rotatable bonds is 3. The number of aromatic amines is 1. The topological polar surface area (TPSA) is 72.3 Å². The van der Waals surface area contributed by atoms with Gasteiger partial charge in [0.2, 0.25) is 11.2 Å². The van der Waals surface area contributed by atoms with Crippen LogP contribution in [0.5, 0.6) is 0 Å². The van der Waals surface area contributed by atoms with Gasteiger partial charge in [0.1, 0.15) is 0 Å². The van der Waals surface area contributed by atoms with Crippen molar-refractivity contribution < 1.29 is 0 Å². The number of H-pyrrole nitrogens is 1. The van der Waals surface area contributed by atoms with Crippen molar-refractivity contribution in [1.29, 1.82) is 0 Å². The Morgan fingerprint density at radius 2 is 0.772 bits per heavy atom. The summed E-state index contributed by atoms with van der Waals surface area (Å²) < 4.78 is 2.27.